The summed E-state index contributed by atoms with van der Waals surface area (Å²) < 4.78 is 0. The Morgan fingerprint density at radius 1 is 1.19 bits per heavy atom. The Balaban J connectivity index is 1.43. The highest BCUT2D eigenvalue weighted by molar-refractivity contribution is 5.14. The molecule has 2 aliphatic rings. The molecule has 2 unspecified atom stereocenters. The van der Waals surface area contributed by atoms with E-state index in [0.717, 1.165) is 12.5 Å². The summed E-state index contributed by atoms with van der Waals surface area (Å²) in [5, 5.41) is 3.81. The van der Waals surface area contributed by atoms with Crippen molar-refractivity contribution in [1.29, 1.82) is 0 Å². The number of hydrogen-bond donors (Lipinski definition) is 1. The first-order valence-electron chi connectivity index (χ1n) is 8.70. The molecule has 2 atom stereocenters. The molecule has 2 nitrogen and oxygen atoms in total. The van der Waals surface area contributed by atoms with Gasteiger partial charge in [0.05, 0.1) is 0 Å². The first-order chi connectivity index (χ1) is 10.2. The number of nitrogens with zero attached hydrogens (tertiary/aromatic N) is 1. The third kappa shape index (κ3) is 3.87. The molecular formula is C19H30N2. The molecule has 1 saturated carbocycles. The zero-order valence-electron chi connectivity index (χ0n) is 13.6. The van der Waals surface area contributed by atoms with Crippen LogP contribution in [0.2, 0.25) is 0 Å². The van der Waals surface area contributed by atoms with Crippen LogP contribution in [0.4, 0.5) is 0 Å². The third-order valence-electron chi connectivity index (χ3n) is 5.44. The highest BCUT2D eigenvalue weighted by Crippen LogP contribution is 2.41. The van der Waals surface area contributed by atoms with Gasteiger partial charge in [-0.3, -0.25) is 4.90 Å². The summed E-state index contributed by atoms with van der Waals surface area (Å²) in [4.78, 5) is 2.72. The minimum absolute atomic E-state index is 0.381. The summed E-state index contributed by atoms with van der Waals surface area (Å²) >= 11 is 0. The van der Waals surface area contributed by atoms with Gasteiger partial charge in [-0.2, -0.15) is 0 Å². The monoisotopic (exact) mass is 286 g/mol. The molecule has 116 valence electrons. The molecule has 21 heavy (non-hydrogen) atoms. The normalized spacial score (nSPS) is 30.5. The highest BCUT2D eigenvalue weighted by Gasteiger charge is 2.44. The molecule has 1 aliphatic heterocycles. The fraction of sp³-hybridized carbons (Fsp3) is 0.684. The van der Waals surface area contributed by atoms with E-state index in [1.54, 1.807) is 0 Å². The van der Waals surface area contributed by atoms with E-state index in [1.807, 2.05) is 0 Å². The SMILES string of the molecule is CC1CNC(C)(C2CC2)CN1CCCCc1ccccc1. The van der Waals surface area contributed by atoms with Crippen LogP contribution in [0.25, 0.3) is 0 Å². The van der Waals surface area contributed by atoms with Crippen molar-refractivity contribution in [3.05, 3.63) is 35.9 Å². The van der Waals surface area contributed by atoms with E-state index >= 15 is 0 Å². The molecule has 0 aromatic heterocycles. The van der Waals surface area contributed by atoms with E-state index in [4.69, 9.17) is 0 Å². The number of unbranched alkanes of at least 4 members (excludes halogenated alkanes) is 1. The maximum Gasteiger partial charge on any atom is 0.0309 e. The van der Waals surface area contributed by atoms with Gasteiger partial charge in [-0.15, -0.1) is 0 Å². The van der Waals surface area contributed by atoms with Crippen LogP contribution < -0.4 is 5.32 Å². The van der Waals surface area contributed by atoms with Crippen molar-refractivity contribution in [3.63, 3.8) is 0 Å². The van der Waals surface area contributed by atoms with Gasteiger partial charge in [0.15, 0.2) is 0 Å². The molecule has 3 rings (SSSR count). The second-order valence-electron chi connectivity index (χ2n) is 7.33. The fourth-order valence-electron chi connectivity index (χ4n) is 3.73. The van der Waals surface area contributed by atoms with Crippen molar-refractivity contribution in [2.75, 3.05) is 19.6 Å². The zero-order chi connectivity index (χ0) is 14.7. The van der Waals surface area contributed by atoms with E-state index in [-0.39, 0.29) is 0 Å². The van der Waals surface area contributed by atoms with E-state index in [9.17, 15) is 0 Å². The van der Waals surface area contributed by atoms with Crippen LogP contribution in [0.15, 0.2) is 30.3 Å². The van der Waals surface area contributed by atoms with Crippen LogP contribution in [0, 0.1) is 5.92 Å². The Kier molecular flexibility index (Phi) is 4.66. The van der Waals surface area contributed by atoms with Crippen LogP contribution in [0.3, 0.4) is 0 Å². The van der Waals surface area contributed by atoms with Gasteiger partial charge in [-0.1, -0.05) is 30.3 Å². The molecule has 1 aromatic carbocycles. The largest absolute Gasteiger partial charge is 0.308 e. The van der Waals surface area contributed by atoms with Crippen LogP contribution >= 0.6 is 0 Å². The van der Waals surface area contributed by atoms with E-state index in [1.165, 1.54) is 50.8 Å². The van der Waals surface area contributed by atoms with Gasteiger partial charge in [-0.25, -0.2) is 0 Å². The molecule has 2 heteroatoms. The van der Waals surface area contributed by atoms with Gasteiger partial charge < -0.3 is 5.32 Å². The molecule has 0 radical (unpaired) electrons. The minimum atomic E-state index is 0.381. The lowest BCUT2D eigenvalue weighted by Crippen LogP contribution is -2.63. The van der Waals surface area contributed by atoms with Crippen molar-refractivity contribution in [2.24, 2.45) is 5.92 Å². The Bertz CT molecular complexity index is 440. The summed E-state index contributed by atoms with van der Waals surface area (Å²) in [6, 6.07) is 11.6. The summed E-state index contributed by atoms with van der Waals surface area (Å²) in [6.45, 7) is 8.47. The first kappa shape index (κ1) is 15.1. The van der Waals surface area contributed by atoms with Gasteiger partial charge in [0, 0.05) is 24.7 Å². The predicted molar refractivity (Wildman–Crippen MR) is 89.5 cm³/mol. The molecule has 1 aliphatic carbocycles. The van der Waals surface area contributed by atoms with Crippen molar-refractivity contribution < 1.29 is 0 Å². The average Bonchev–Trinajstić information content (AvgIpc) is 3.33. The Labute approximate surface area is 129 Å². The second-order valence-corrected chi connectivity index (χ2v) is 7.33. The molecule has 1 saturated heterocycles. The zero-order valence-corrected chi connectivity index (χ0v) is 13.6. The van der Waals surface area contributed by atoms with E-state index < -0.39 is 0 Å². The number of rotatable bonds is 6. The summed E-state index contributed by atoms with van der Waals surface area (Å²) in [5.74, 6) is 0.928. The van der Waals surface area contributed by atoms with Crippen molar-refractivity contribution in [1.82, 2.24) is 10.2 Å². The average molecular weight is 286 g/mol. The van der Waals surface area contributed by atoms with Crippen LogP contribution in [-0.2, 0) is 6.42 Å². The molecular weight excluding hydrogens is 256 g/mol. The number of aryl methyl sites for hydroxylation is 1. The van der Waals surface area contributed by atoms with Crippen molar-refractivity contribution >= 4 is 0 Å². The molecule has 0 spiro atoms. The van der Waals surface area contributed by atoms with Gasteiger partial charge in [-0.05, 0) is 64.0 Å². The summed E-state index contributed by atoms with van der Waals surface area (Å²) in [5.41, 5.74) is 1.86. The Morgan fingerprint density at radius 3 is 2.67 bits per heavy atom. The third-order valence-corrected chi connectivity index (χ3v) is 5.44. The minimum Gasteiger partial charge on any atom is -0.308 e. The van der Waals surface area contributed by atoms with Gasteiger partial charge >= 0.3 is 0 Å². The Hall–Kier alpha value is -0.860. The Morgan fingerprint density at radius 2 is 1.95 bits per heavy atom. The van der Waals surface area contributed by atoms with Crippen molar-refractivity contribution in [3.8, 4) is 0 Å². The lowest BCUT2D eigenvalue weighted by molar-refractivity contribution is 0.0819. The van der Waals surface area contributed by atoms with Gasteiger partial charge in [0.2, 0.25) is 0 Å². The van der Waals surface area contributed by atoms with Crippen LogP contribution in [-0.4, -0.2) is 36.1 Å². The van der Waals surface area contributed by atoms with Crippen LogP contribution in [0.1, 0.15) is 45.1 Å². The molecule has 1 aromatic rings. The maximum absolute atomic E-state index is 3.81. The summed E-state index contributed by atoms with van der Waals surface area (Å²) in [7, 11) is 0. The standard InChI is InChI=1S/C19H30N2/c1-16-14-20-19(2,18-11-12-18)15-21(16)13-7-6-10-17-8-4-3-5-9-17/h3-5,8-9,16,18,20H,6-7,10-15H2,1-2H3. The lowest BCUT2D eigenvalue weighted by Gasteiger charge is -2.45. The number of piperazine rings is 1. The topological polar surface area (TPSA) is 15.3 Å². The van der Waals surface area contributed by atoms with Crippen LogP contribution in [0.5, 0.6) is 0 Å². The number of nitrogens with one attached hydrogen (secondary N) is 1. The smallest absolute Gasteiger partial charge is 0.0309 e. The second kappa shape index (κ2) is 6.50. The molecule has 2 fully saturated rings. The van der Waals surface area contributed by atoms with E-state index in [2.05, 4.69) is 54.4 Å². The van der Waals surface area contributed by atoms with E-state index in [0.29, 0.717) is 11.6 Å². The molecule has 0 bridgehead atoms. The van der Waals surface area contributed by atoms with Crippen molar-refractivity contribution in [2.45, 2.75) is 57.5 Å². The van der Waals surface area contributed by atoms with Gasteiger partial charge in [0.1, 0.15) is 0 Å². The molecule has 0 amide bonds. The maximum atomic E-state index is 3.81. The fourth-order valence-corrected chi connectivity index (χ4v) is 3.73. The predicted octanol–water partition coefficient (Wildman–Crippen LogP) is 3.47. The number of benzene rings is 1. The lowest BCUT2D eigenvalue weighted by atomic mass is 9.91. The summed E-state index contributed by atoms with van der Waals surface area (Å²) in [6.07, 6.45) is 6.71. The molecule has 1 heterocycles. The quantitative estimate of drug-likeness (QED) is 0.806. The molecule has 1 N–H and O–H groups in total. The van der Waals surface area contributed by atoms with Gasteiger partial charge in [0.25, 0.3) is 0 Å². The first-order valence-corrected chi connectivity index (χ1v) is 8.70. The number of hydrogen-bond acceptors (Lipinski definition) is 2. The highest BCUT2D eigenvalue weighted by atomic mass is 15.2.